The van der Waals surface area contributed by atoms with Crippen LogP contribution in [0.1, 0.15) is 43.4 Å². The van der Waals surface area contributed by atoms with E-state index < -0.39 is 0 Å². The van der Waals surface area contributed by atoms with Crippen LogP contribution in [0.3, 0.4) is 0 Å². The van der Waals surface area contributed by atoms with E-state index >= 15 is 0 Å². The van der Waals surface area contributed by atoms with E-state index in [9.17, 15) is 4.79 Å². The van der Waals surface area contributed by atoms with Crippen LogP contribution in [-0.4, -0.2) is 45.8 Å². The van der Waals surface area contributed by atoms with Crippen LogP contribution < -0.4 is 10.1 Å². The van der Waals surface area contributed by atoms with E-state index in [-0.39, 0.29) is 11.5 Å². The zero-order chi connectivity index (χ0) is 19.6. The molecule has 1 spiro atoms. The van der Waals surface area contributed by atoms with Gasteiger partial charge in [-0.3, -0.25) is 9.48 Å². The van der Waals surface area contributed by atoms with Crippen molar-refractivity contribution in [3.63, 3.8) is 0 Å². The summed E-state index contributed by atoms with van der Waals surface area (Å²) in [4.78, 5) is 14.6. The summed E-state index contributed by atoms with van der Waals surface area (Å²) in [5.41, 5.74) is 2.16. The molecule has 0 bridgehead atoms. The second kappa shape index (κ2) is 7.95. The molecule has 6 heteroatoms. The molecule has 0 saturated heterocycles. The first-order valence-electron chi connectivity index (χ1n) is 10.3. The fraction of sp³-hybridized carbons (Fsp3) is 0.545. The van der Waals surface area contributed by atoms with E-state index in [1.807, 2.05) is 35.7 Å². The van der Waals surface area contributed by atoms with E-state index in [0.717, 1.165) is 50.2 Å². The monoisotopic (exact) mass is 382 g/mol. The van der Waals surface area contributed by atoms with Gasteiger partial charge in [-0.25, -0.2) is 0 Å². The van der Waals surface area contributed by atoms with Gasteiger partial charge in [-0.2, -0.15) is 5.10 Å². The summed E-state index contributed by atoms with van der Waals surface area (Å²) in [6.45, 7) is 4.38. The Morgan fingerprint density at radius 3 is 2.86 bits per heavy atom. The molecule has 1 N–H and O–H groups in total. The quantitative estimate of drug-likeness (QED) is 0.883. The first-order chi connectivity index (χ1) is 13.6. The lowest BCUT2D eigenvalue weighted by atomic mass is 9.81. The largest absolute Gasteiger partial charge is 0.486 e. The van der Waals surface area contributed by atoms with Gasteiger partial charge in [0.1, 0.15) is 11.4 Å². The van der Waals surface area contributed by atoms with Crippen LogP contribution in [-0.2, 0) is 17.9 Å². The van der Waals surface area contributed by atoms with Gasteiger partial charge in [-0.15, -0.1) is 0 Å². The van der Waals surface area contributed by atoms with Gasteiger partial charge in [0, 0.05) is 56.6 Å². The van der Waals surface area contributed by atoms with Crippen molar-refractivity contribution in [1.29, 1.82) is 0 Å². The predicted octanol–water partition coefficient (Wildman–Crippen LogP) is 2.90. The number of carbonyl (C=O) groups excluding carboxylic acids is 1. The number of ether oxygens (including phenoxy) is 1. The van der Waals surface area contributed by atoms with E-state index in [1.54, 1.807) is 6.20 Å². The number of fused-ring (bicyclic) bond motifs is 1. The highest BCUT2D eigenvalue weighted by atomic mass is 16.5. The fourth-order valence-electron chi connectivity index (χ4n) is 4.45. The topological polar surface area (TPSA) is 59.4 Å². The molecular weight excluding hydrogens is 352 g/mol. The molecule has 2 heterocycles. The van der Waals surface area contributed by atoms with Crippen LogP contribution in [0.5, 0.6) is 5.75 Å². The molecule has 2 aliphatic rings. The molecule has 0 unspecified atom stereocenters. The first kappa shape index (κ1) is 19.0. The van der Waals surface area contributed by atoms with Crippen LogP contribution in [0, 0.1) is 6.92 Å². The third-order valence-electron chi connectivity index (χ3n) is 6.34. The SMILES string of the molecule is Cc1ccnn1CCC(=O)N(C)C1CCC2(CC1)CNCc1ccccc1O2. The van der Waals surface area contributed by atoms with Gasteiger partial charge in [0.2, 0.25) is 5.91 Å². The highest BCUT2D eigenvalue weighted by Gasteiger charge is 2.40. The molecule has 6 nitrogen and oxygen atoms in total. The summed E-state index contributed by atoms with van der Waals surface area (Å²) >= 11 is 0. The van der Waals surface area contributed by atoms with Gasteiger partial charge in [0.05, 0.1) is 0 Å². The Labute approximate surface area is 166 Å². The number of hydrogen-bond acceptors (Lipinski definition) is 4. The Bertz CT molecular complexity index is 823. The Kier molecular flexibility index (Phi) is 5.40. The minimum Gasteiger partial charge on any atom is -0.486 e. The summed E-state index contributed by atoms with van der Waals surface area (Å²) < 4.78 is 8.40. The van der Waals surface area contributed by atoms with Crippen molar-refractivity contribution in [1.82, 2.24) is 20.0 Å². The van der Waals surface area contributed by atoms with Crippen molar-refractivity contribution in [2.45, 2.75) is 63.8 Å². The molecule has 2 aromatic rings. The summed E-state index contributed by atoms with van der Waals surface area (Å²) in [5.74, 6) is 1.20. The average Bonchev–Trinajstić information content (AvgIpc) is 3.03. The Morgan fingerprint density at radius 1 is 1.32 bits per heavy atom. The number of rotatable bonds is 4. The van der Waals surface area contributed by atoms with Gasteiger partial charge in [-0.05, 0) is 44.7 Å². The second-order valence-electron chi connectivity index (χ2n) is 8.18. The van der Waals surface area contributed by atoms with Crippen LogP contribution in [0.15, 0.2) is 36.5 Å². The standard InChI is InChI=1S/C22H30N4O2/c1-17-9-13-24-26(17)14-10-21(27)25(2)19-7-11-22(12-8-19)16-23-15-18-5-3-4-6-20(18)28-22/h3-6,9,13,19,23H,7-8,10-12,14-16H2,1-2H3. The van der Waals surface area contributed by atoms with Gasteiger partial charge < -0.3 is 15.0 Å². The molecule has 28 heavy (non-hydrogen) atoms. The molecule has 0 atom stereocenters. The zero-order valence-electron chi connectivity index (χ0n) is 16.9. The van der Waals surface area contributed by atoms with Crippen LogP contribution in [0.2, 0.25) is 0 Å². The molecule has 150 valence electrons. The minimum atomic E-state index is -0.154. The second-order valence-corrected chi connectivity index (χ2v) is 8.18. The maximum Gasteiger partial charge on any atom is 0.224 e. The highest BCUT2D eigenvalue weighted by molar-refractivity contribution is 5.76. The Balaban J connectivity index is 1.33. The molecule has 1 aliphatic heterocycles. The van der Waals surface area contributed by atoms with Gasteiger partial charge in [0.15, 0.2) is 0 Å². The number of nitrogens with one attached hydrogen (secondary N) is 1. The minimum absolute atomic E-state index is 0.154. The number of hydrogen-bond donors (Lipinski definition) is 1. The maximum atomic E-state index is 12.7. The van der Waals surface area contributed by atoms with Crippen LogP contribution in [0.25, 0.3) is 0 Å². The highest BCUT2D eigenvalue weighted by Crippen LogP contribution is 2.37. The summed E-state index contributed by atoms with van der Waals surface area (Å²) in [5, 5.41) is 7.82. The normalized spacial score (nSPS) is 24.3. The van der Waals surface area contributed by atoms with Gasteiger partial charge in [-0.1, -0.05) is 18.2 Å². The molecule has 1 aliphatic carbocycles. The summed E-state index contributed by atoms with van der Waals surface area (Å²) in [6.07, 6.45) is 6.17. The summed E-state index contributed by atoms with van der Waals surface area (Å²) in [7, 11) is 1.95. The molecule has 0 radical (unpaired) electrons. The van der Waals surface area contributed by atoms with Crippen molar-refractivity contribution < 1.29 is 9.53 Å². The molecule has 1 saturated carbocycles. The van der Waals surface area contributed by atoms with Crippen molar-refractivity contribution >= 4 is 5.91 Å². The molecule has 1 aromatic carbocycles. The Hall–Kier alpha value is -2.34. The lowest BCUT2D eigenvalue weighted by Crippen LogP contribution is -2.51. The first-order valence-corrected chi connectivity index (χ1v) is 10.3. The molecule has 1 aromatic heterocycles. The number of nitrogens with zero attached hydrogens (tertiary/aromatic N) is 3. The smallest absolute Gasteiger partial charge is 0.224 e. The van der Waals surface area contributed by atoms with E-state index in [2.05, 4.69) is 28.6 Å². The van der Waals surface area contributed by atoms with E-state index in [1.165, 1.54) is 5.56 Å². The number of para-hydroxylation sites is 1. The third-order valence-corrected chi connectivity index (χ3v) is 6.34. The molecule has 4 rings (SSSR count). The van der Waals surface area contributed by atoms with Crippen molar-refractivity contribution in [2.24, 2.45) is 0 Å². The van der Waals surface area contributed by atoms with Crippen molar-refractivity contribution in [3.8, 4) is 5.75 Å². The average molecular weight is 383 g/mol. The Morgan fingerprint density at radius 2 is 2.11 bits per heavy atom. The van der Waals surface area contributed by atoms with E-state index in [0.29, 0.717) is 19.0 Å². The van der Waals surface area contributed by atoms with Gasteiger partial charge in [0.25, 0.3) is 0 Å². The number of aryl methyl sites for hydroxylation is 2. The third kappa shape index (κ3) is 3.92. The molecular formula is C22H30N4O2. The lowest BCUT2D eigenvalue weighted by Gasteiger charge is -2.42. The van der Waals surface area contributed by atoms with E-state index in [4.69, 9.17) is 4.74 Å². The zero-order valence-corrected chi connectivity index (χ0v) is 16.9. The maximum absolute atomic E-state index is 12.7. The number of benzene rings is 1. The van der Waals surface area contributed by atoms with Crippen molar-refractivity contribution in [3.05, 3.63) is 47.8 Å². The number of carbonyl (C=O) groups is 1. The van der Waals surface area contributed by atoms with Crippen molar-refractivity contribution in [2.75, 3.05) is 13.6 Å². The predicted molar refractivity (Wildman–Crippen MR) is 108 cm³/mol. The lowest BCUT2D eigenvalue weighted by molar-refractivity contribution is -0.133. The summed E-state index contributed by atoms with van der Waals surface area (Å²) in [6, 6.07) is 10.6. The number of aromatic nitrogens is 2. The molecule has 1 amide bonds. The van der Waals surface area contributed by atoms with Gasteiger partial charge >= 0.3 is 0 Å². The van der Waals surface area contributed by atoms with Crippen LogP contribution >= 0.6 is 0 Å². The molecule has 1 fully saturated rings. The fourth-order valence-corrected chi connectivity index (χ4v) is 4.45. The number of amides is 1. The van der Waals surface area contributed by atoms with Crippen LogP contribution in [0.4, 0.5) is 0 Å².